The van der Waals surface area contributed by atoms with Crippen molar-refractivity contribution in [3.63, 3.8) is 0 Å². The molecule has 0 saturated heterocycles. The number of hydrogen-bond donors (Lipinski definition) is 1. The zero-order valence-electron chi connectivity index (χ0n) is 9.22. The first kappa shape index (κ1) is 11.8. The molecule has 1 heterocycles. The van der Waals surface area contributed by atoms with E-state index in [-0.39, 0.29) is 5.78 Å². The number of hydrogen-bond acceptors (Lipinski definition) is 4. The van der Waals surface area contributed by atoms with Gasteiger partial charge >= 0.3 is 0 Å². The summed E-state index contributed by atoms with van der Waals surface area (Å²) < 4.78 is 1.55. The van der Waals surface area contributed by atoms with Gasteiger partial charge in [-0.25, -0.2) is 9.67 Å². The highest BCUT2D eigenvalue weighted by Gasteiger charge is 2.09. The summed E-state index contributed by atoms with van der Waals surface area (Å²) in [6, 6.07) is 5.11. The fourth-order valence-electron chi connectivity index (χ4n) is 1.46. The van der Waals surface area contributed by atoms with Crippen molar-refractivity contribution in [3.8, 4) is 5.69 Å². The number of ketones is 1. The third kappa shape index (κ3) is 2.51. The third-order valence-corrected chi connectivity index (χ3v) is 2.58. The Bertz CT molecular complexity index is 524. The fraction of sp³-hybridized carbons (Fsp3) is 0.182. The Labute approximate surface area is 103 Å². The van der Waals surface area contributed by atoms with Crippen LogP contribution in [0.5, 0.6) is 0 Å². The summed E-state index contributed by atoms with van der Waals surface area (Å²) in [5.74, 6) is -0.000426. The fourth-order valence-corrected chi connectivity index (χ4v) is 1.73. The lowest BCUT2D eigenvalue weighted by Crippen LogP contribution is -2.18. The minimum Gasteiger partial charge on any atom is -0.313 e. The van der Waals surface area contributed by atoms with Gasteiger partial charge in [-0.05, 0) is 25.2 Å². The van der Waals surface area contributed by atoms with Crippen molar-refractivity contribution >= 4 is 17.4 Å². The van der Waals surface area contributed by atoms with Gasteiger partial charge in [0.1, 0.15) is 12.7 Å². The van der Waals surface area contributed by atoms with Crippen LogP contribution in [0.25, 0.3) is 5.69 Å². The first-order chi connectivity index (χ1) is 8.22. The summed E-state index contributed by atoms with van der Waals surface area (Å²) >= 11 is 6.10. The Morgan fingerprint density at radius 1 is 1.53 bits per heavy atom. The summed E-state index contributed by atoms with van der Waals surface area (Å²) in [4.78, 5) is 15.5. The first-order valence-electron chi connectivity index (χ1n) is 5.04. The van der Waals surface area contributed by atoms with Crippen LogP contribution in [0.1, 0.15) is 10.4 Å². The number of rotatable bonds is 4. The molecule has 1 aromatic carbocycles. The van der Waals surface area contributed by atoms with Gasteiger partial charge in [0.25, 0.3) is 0 Å². The molecule has 0 unspecified atom stereocenters. The Hall–Kier alpha value is -1.72. The first-order valence-corrected chi connectivity index (χ1v) is 5.42. The molecule has 17 heavy (non-hydrogen) atoms. The smallest absolute Gasteiger partial charge is 0.176 e. The Balaban J connectivity index is 2.32. The van der Waals surface area contributed by atoms with Crippen LogP contribution < -0.4 is 5.32 Å². The van der Waals surface area contributed by atoms with E-state index in [2.05, 4.69) is 15.4 Å². The van der Waals surface area contributed by atoms with Crippen molar-refractivity contribution in [1.29, 1.82) is 0 Å². The van der Waals surface area contributed by atoms with E-state index in [1.54, 1.807) is 36.3 Å². The van der Waals surface area contributed by atoms with Gasteiger partial charge < -0.3 is 5.32 Å². The SMILES string of the molecule is CNCC(=O)c1ccc(-n2cncn2)c(Cl)c1. The number of nitrogens with zero attached hydrogens (tertiary/aromatic N) is 3. The van der Waals surface area contributed by atoms with Crippen LogP contribution in [0.3, 0.4) is 0 Å². The Morgan fingerprint density at radius 3 is 2.94 bits per heavy atom. The van der Waals surface area contributed by atoms with Crippen LogP contribution in [0, 0.1) is 0 Å². The molecule has 0 fully saturated rings. The average molecular weight is 251 g/mol. The van der Waals surface area contributed by atoms with E-state index >= 15 is 0 Å². The number of carbonyl (C=O) groups excluding carboxylic acids is 1. The topological polar surface area (TPSA) is 59.8 Å². The predicted octanol–water partition coefficient (Wildman–Crippen LogP) is 1.32. The highest BCUT2D eigenvalue weighted by molar-refractivity contribution is 6.32. The summed E-state index contributed by atoms with van der Waals surface area (Å²) in [5, 5.41) is 7.26. The molecule has 0 amide bonds. The number of Topliss-reactive ketones (excluding diaryl/α,β-unsaturated/α-hetero) is 1. The Kier molecular flexibility index (Phi) is 3.51. The van der Waals surface area contributed by atoms with Crippen LogP contribution in [-0.4, -0.2) is 34.1 Å². The summed E-state index contributed by atoms with van der Waals surface area (Å²) in [7, 11) is 1.73. The molecule has 0 bridgehead atoms. The number of likely N-dealkylation sites (N-methyl/N-ethyl adjacent to an activating group) is 1. The molecule has 5 nitrogen and oxygen atoms in total. The third-order valence-electron chi connectivity index (χ3n) is 2.27. The summed E-state index contributed by atoms with van der Waals surface area (Å²) in [6.07, 6.45) is 2.98. The summed E-state index contributed by atoms with van der Waals surface area (Å²) in [6.45, 7) is 0.291. The van der Waals surface area contributed by atoms with Crippen LogP contribution >= 0.6 is 11.6 Å². The zero-order valence-corrected chi connectivity index (χ0v) is 9.98. The minimum absolute atomic E-state index is 0.000426. The number of halogens is 1. The van der Waals surface area contributed by atoms with Crippen molar-refractivity contribution in [2.75, 3.05) is 13.6 Å². The highest BCUT2D eigenvalue weighted by atomic mass is 35.5. The molecule has 0 saturated carbocycles. The molecule has 0 atom stereocenters. The van der Waals surface area contributed by atoms with Crippen molar-refractivity contribution < 1.29 is 4.79 Å². The van der Waals surface area contributed by atoms with E-state index in [0.29, 0.717) is 22.8 Å². The lowest BCUT2D eigenvalue weighted by Gasteiger charge is -2.06. The lowest BCUT2D eigenvalue weighted by atomic mass is 10.1. The molecular weight excluding hydrogens is 240 g/mol. The maximum absolute atomic E-state index is 11.6. The van der Waals surface area contributed by atoms with Gasteiger partial charge in [0.05, 0.1) is 17.3 Å². The second kappa shape index (κ2) is 5.07. The standard InChI is InChI=1S/C11H11ClN4O/c1-13-5-11(17)8-2-3-10(9(12)4-8)16-7-14-6-15-16/h2-4,6-7,13H,5H2,1H3. The molecule has 0 spiro atoms. The molecule has 6 heteroatoms. The van der Waals surface area contributed by atoms with E-state index in [0.717, 1.165) is 0 Å². The van der Waals surface area contributed by atoms with Gasteiger partial charge in [0, 0.05) is 5.56 Å². The van der Waals surface area contributed by atoms with Gasteiger partial charge in [-0.3, -0.25) is 4.79 Å². The van der Waals surface area contributed by atoms with E-state index in [1.807, 2.05) is 0 Å². The van der Waals surface area contributed by atoms with Crippen LogP contribution in [0.15, 0.2) is 30.9 Å². The monoisotopic (exact) mass is 250 g/mol. The van der Waals surface area contributed by atoms with Gasteiger partial charge in [-0.1, -0.05) is 11.6 Å². The van der Waals surface area contributed by atoms with Crippen LogP contribution in [-0.2, 0) is 0 Å². The quantitative estimate of drug-likeness (QED) is 0.832. The zero-order chi connectivity index (χ0) is 12.3. The molecule has 2 aromatic rings. The number of carbonyl (C=O) groups is 1. The van der Waals surface area contributed by atoms with E-state index in [4.69, 9.17) is 11.6 Å². The van der Waals surface area contributed by atoms with E-state index in [1.165, 1.54) is 6.33 Å². The second-order valence-electron chi connectivity index (χ2n) is 3.46. The van der Waals surface area contributed by atoms with E-state index in [9.17, 15) is 4.79 Å². The molecular formula is C11H11ClN4O. The summed E-state index contributed by atoms with van der Waals surface area (Å²) in [5.41, 5.74) is 1.28. The van der Waals surface area contributed by atoms with Crippen LogP contribution in [0.2, 0.25) is 5.02 Å². The molecule has 1 N–H and O–H groups in total. The Morgan fingerprint density at radius 2 is 2.35 bits per heavy atom. The molecule has 0 aliphatic heterocycles. The van der Waals surface area contributed by atoms with Crippen molar-refractivity contribution in [2.24, 2.45) is 0 Å². The van der Waals surface area contributed by atoms with E-state index < -0.39 is 0 Å². The molecule has 88 valence electrons. The molecule has 0 aliphatic rings. The number of nitrogens with one attached hydrogen (secondary N) is 1. The normalized spacial score (nSPS) is 10.5. The van der Waals surface area contributed by atoms with Gasteiger partial charge in [0.2, 0.25) is 0 Å². The highest BCUT2D eigenvalue weighted by Crippen LogP contribution is 2.21. The molecule has 2 rings (SSSR count). The van der Waals surface area contributed by atoms with Gasteiger partial charge in [-0.2, -0.15) is 5.10 Å². The maximum atomic E-state index is 11.6. The molecule has 0 aliphatic carbocycles. The minimum atomic E-state index is -0.000426. The second-order valence-corrected chi connectivity index (χ2v) is 3.87. The van der Waals surface area contributed by atoms with Crippen LogP contribution in [0.4, 0.5) is 0 Å². The number of aromatic nitrogens is 3. The largest absolute Gasteiger partial charge is 0.313 e. The van der Waals surface area contributed by atoms with Gasteiger partial charge in [0.15, 0.2) is 5.78 Å². The molecule has 0 radical (unpaired) electrons. The average Bonchev–Trinajstić information content (AvgIpc) is 2.82. The van der Waals surface area contributed by atoms with Crippen molar-refractivity contribution in [3.05, 3.63) is 41.4 Å². The maximum Gasteiger partial charge on any atom is 0.176 e. The number of benzene rings is 1. The van der Waals surface area contributed by atoms with Crippen molar-refractivity contribution in [2.45, 2.75) is 0 Å². The lowest BCUT2D eigenvalue weighted by molar-refractivity contribution is 0.0993. The van der Waals surface area contributed by atoms with Gasteiger partial charge in [-0.15, -0.1) is 0 Å². The van der Waals surface area contributed by atoms with Crippen molar-refractivity contribution in [1.82, 2.24) is 20.1 Å². The predicted molar refractivity (Wildman–Crippen MR) is 64.6 cm³/mol. The molecule has 1 aromatic heterocycles.